The maximum Gasteiger partial charge on any atom is 0.326 e. The van der Waals surface area contributed by atoms with Crippen LogP contribution in [0.15, 0.2) is 42.5 Å². The average Bonchev–Trinajstić information content (AvgIpc) is 2.66. The molecule has 0 radical (unpaired) electrons. The number of benzene rings is 2. The summed E-state index contributed by atoms with van der Waals surface area (Å²) >= 11 is 0. The van der Waals surface area contributed by atoms with Crippen molar-refractivity contribution in [1.29, 1.82) is 0 Å². The lowest BCUT2D eigenvalue weighted by Gasteiger charge is -2.36. The van der Waals surface area contributed by atoms with E-state index in [1.807, 2.05) is 32.0 Å². The van der Waals surface area contributed by atoms with E-state index in [1.165, 1.54) is 9.80 Å². The van der Waals surface area contributed by atoms with Gasteiger partial charge in [-0.15, -0.1) is 0 Å². The van der Waals surface area contributed by atoms with Crippen LogP contribution in [0.1, 0.15) is 28.4 Å². The Labute approximate surface area is 158 Å². The average molecular weight is 366 g/mol. The smallest absolute Gasteiger partial charge is 0.326 e. The fraction of sp³-hybridized carbons (Fsp3) is 0.286. The van der Waals surface area contributed by atoms with Gasteiger partial charge in [0.1, 0.15) is 13.1 Å². The monoisotopic (exact) mass is 366 g/mol. The number of aryl methyl sites for hydroxylation is 2. The molecule has 2 amide bonds. The van der Waals surface area contributed by atoms with Crippen molar-refractivity contribution in [2.75, 3.05) is 29.5 Å². The van der Waals surface area contributed by atoms with Gasteiger partial charge < -0.3 is 4.74 Å². The fourth-order valence-electron chi connectivity index (χ4n) is 3.09. The Morgan fingerprint density at radius 2 is 1.67 bits per heavy atom. The molecule has 0 aliphatic carbocycles. The predicted molar refractivity (Wildman–Crippen MR) is 103 cm³/mol. The highest BCUT2D eigenvalue weighted by atomic mass is 16.5. The van der Waals surface area contributed by atoms with Crippen molar-refractivity contribution in [2.24, 2.45) is 0 Å². The van der Waals surface area contributed by atoms with E-state index in [9.17, 15) is 14.4 Å². The van der Waals surface area contributed by atoms with Crippen molar-refractivity contribution >= 4 is 29.2 Å². The van der Waals surface area contributed by atoms with E-state index in [0.29, 0.717) is 16.9 Å². The molecule has 0 atom stereocenters. The topological polar surface area (TPSA) is 66.9 Å². The number of hydrogen-bond acceptors (Lipinski definition) is 4. The predicted octanol–water partition coefficient (Wildman–Crippen LogP) is 2.86. The quantitative estimate of drug-likeness (QED) is 0.781. The Balaban J connectivity index is 2.04. The van der Waals surface area contributed by atoms with Crippen molar-refractivity contribution in [1.82, 2.24) is 0 Å². The van der Waals surface area contributed by atoms with Gasteiger partial charge >= 0.3 is 5.97 Å². The molecule has 6 heteroatoms. The number of ether oxygens (including phenoxy) is 1. The van der Waals surface area contributed by atoms with Gasteiger partial charge in [-0.25, -0.2) is 0 Å². The summed E-state index contributed by atoms with van der Waals surface area (Å²) in [7, 11) is 0. The maximum absolute atomic E-state index is 13.0. The molecule has 0 N–H and O–H groups in total. The van der Waals surface area contributed by atoms with Crippen LogP contribution in [0.5, 0.6) is 0 Å². The minimum atomic E-state index is -0.474. The number of rotatable bonds is 4. The fourth-order valence-corrected chi connectivity index (χ4v) is 3.09. The first kappa shape index (κ1) is 18.6. The molecule has 0 saturated heterocycles. The number of carbonyl (C=O) groups excluding carboxylic acids is 3. The van der Waals surface area contributed by atoms with Gasteiger partial charge in [-0.1, -0.05) is 18.2 Å². The molecule has 140 valence electrons. The highest BCUT2D eigenvalue weighted by Gasteiger charge is 2.34. The van der Waals surface area contributed by atoms with Crippen molar-refractivity contribution in [2.45, 2.75) is 20.8 Å². The zero-order chi connectivity index (χ0) is 19.6. The lowest BCUT2D eigenvalue weighted by molar-refractivity contribution is -0.142. The third-order valence-corrected chi connectivity index (χ3v) is 4.63. The summed E-state index contributed by atoms with van der Waals surface area (Å²) in [6.45, 7) is 5.56. The zero-order valence-electron chi connectivity index (χ0n) is 15.7. The first-order chi connectivity index (χ1) is 12.9. The highest BCUT2D eigenvalue weighted by molar-refractivity contribution is 6.16. The van der Waals surface area contributed by atoms with Crippen molar-refractivity contribution in [3.05, 3.63) is 59.2 Å². The van der Waals surface area contributed by atoms with Gasteiger partial charge in [0.2, 0.25) is 5.91 Å². The van der Waals surface area contributed by atoms with Crippen molar-refractivity contribution in [3.63, 3.8) is 0 Å². The normalized spacial score (nSPS) is 13.4. The van der Waals surface area contributed by atoms with Crippen LogP contribution in [0.4, 0.5) is 11.4 Å². The van der Waals surface area contributed by atoms with Gasteiger partial charge in [0, 0.05) is 5.56 Å². The number of nitrogens with zero attached hydrogens (tertiary/aromatic N) is 2. The second-order valence-electron chi connectivity index (χ2n) is 6.47. The Morgan fingerprint density at radius 1 is 1.04 bits per heavy atom. The SMILES string of the molecule is CCOC(=O)CN1C(=O)CN(C(=O)c2ccccc2)c2cc(C)c(C)cc21. The van der Waals surface area contributed by atoms with Gasteiger partial charge in [0.25, 0.3) is 5.91 Å². The first-order valence-electron chi connectivity index (χ1n) is 8.86. The van der Waals surface area contributed by atoms with E-state index in [-0.39, 0.29) is 31.5 Å². The lowest BCUT2D eigenvalue weighted by Crippen LogP contribution is -2.50. The molecular formula is C21H22N2O4. The van der Waals surface area contributed by atoms with Gasteiger partial charge in [-0.3, -0.25) is 24.2 Å². The molecule has 0 saturated carbocycles. The third kappa shape index (κ3) is 3.69. The second kappa shape index (κ2) is 7.61. The van der Waals surface area contributed by atoms with Crippen LogP contribution in [-0.2, 0) is 14.3 Å². The highest BCUT2D eigenvalue weighted by Crippen LogP contribution is 2.36. The van der Waals surface area contributed by atoms with Crippen LogP contribution in [0.3, 0.4) is 0 Å². The van der Waals surface area contributed by atoms with E-state index < -0.39 is 5.97 Å². The number of anilines is 2. The molecule has 1 aliphatic heterocycles. The van der Waals surface area contributed by atoms with Crippen LogP contribution in [-0.4, -0.2) is 37.5 Å². The number of amides is 2. The Hall–Kier alpha value is -3.15. The van der Waals surface area contributed by atoms with Gasteiger partial charge in [0.05, 0.1) is 18.0 Å². The summed E-state index contributed by atoms with van der Waals surface area (Å²) in [5.41, 5.74) is 3.66. The number of esters is 1. The number of hydrogen-bond donors (Lipinski definition) is 0. The molecular weight excluding hydrogens is 344 g/mol. The zero-order valence-corrected chi connectivity index (χ0v) is 15.7. The summed E-state index contributed by atoms with van der Waals surface area (Å²) in [6.07, 6.45) is 0. The summed E-state index contributed by atoms with van der Waals surface area (Å²) in [5.74, 6) is -1.04. The molecule has 0 fully saturated rings. The molecule has 3 rings (SSSR count). The van der Waals surface area contributed by atoms with Crippen LogP contribution in [0.25, 0.3) is 0 Å². The molecule has 0 spiro atoms. The van der Waals surface area contributed by atoms with E-state index in [4.69, 9.17) is 4.74 Å². The minimum Gasteiger partial charge on any atom is -0.465 e. The third-order valence-electron chi connectivity index (χ3n) is 4.63. The second-order valence-corrected chi connectivity index (χ2v) is 6.47. The maximum atomic E-state index is 13.0. The molecule has 0 aromatic heterocycles. The molecule has 2 aromatic carbocycles. The van der Waals surface area contributed by atoms with Crippen LogP contribution in [0, 0.1) is 13.8 Å². The van der Waals surface area contributed by atoms with E-state index >= 15 is 0 Å². The van der Waals surface area contributed by atoms with Gasteiger partial charge in [-0.2, -0.15) is 0 Å². The summed E-state index contributed by atoms with van der Waals surface area (Å²) in [4.78, 5) is 40.6. The lowest BCUT2D eigenvalue weighted by atomic mass is 10.0. The number of fused-ring (bicyclic) bond motifs is 1. The van der Waals surface area contributed by atoms with E-state index in [0.717, 1.165) is 11.1 Å². The molecule has 1 heterocycles. The van der Waals surface area contributed by atoms with E-state index in [1.54, 1.807) is 31.2 Å². The van der Waals surface area contributed by atoms with Gasteiger partial charge in [0.15, 0.2) is 0 Å². The van der Waals surface area contributed by atoms with Crippen LogP contribution >= 0.6 is 0 Å². The first-order valence-corrected chi connectivity index (χ1v) is 8.86. The van der Waals surface area contributed by atoms with Crippen molar-refractivity contribution < 1.29 is 19.1 Å². The molecule has 0 bridgehead atoms. The van der Waals surface area contributed by atoms with Crippen LogP contribution < -0.4 is 9.80 Å². The van der Waals surface area contributed by atoms with Crippen molar-refractivity contribution in [3.8, 4) is 0 Å². The number of carbonyl (C=O) groups is 3. The summed E-state index contributed by atoms with van der Waals surface area (Å²) < 4.78 is 4.99. The summed E-state index contributed by atoms with van der Waals surface area (Å²) in [6, 6.07) is 12.6. The standard InChI is InChI=1S/C21H22N2O4/c1-4-27-20(25)13-22-17-10-14(2)15(3)11-18(17)23(12-19(22)24)21(26)16-8-6-5-7-9-16/h5-11H,4,12-13H2,1-3H3. The molecule has 1 aliphatic rings. The largest absolute Gasteiger partial charge is 0.465 e. The molecule has 6 nitrogen and oxygen atoms in total. The molecule has 27 heavy (non-hydrogen) atoms. The minimum absolute atomic E-state index is 0.122. The summed E-state index contributed by atoms with van der Waals surface area (Å²) in [5, 5.41) is 0. The Bertz CT molecular complexity index is 893. The molecule has 2 aromatic rings. The Kier molecular flexibility index (Phi) is 5.26. The Morgan fingerprint density at radius 3 is 2.30 bits per heavy atom. The molecule has 0 unspecified atom stereocenters. The van der Waals surface area contributed by atoms with E-state index in [2.05, 4.69) is 0 Å². The van der Waals surface area contributed by atoms with Gasteiger partial charge in [-0.05, 0) is 56.2 Å². The van der Waals surface area contributed by atoms with Crippen LogP contribution in [0.2, 0.25) is 0 Å².